The first-order valence-electron chi connectivity index (χ1n) is 10.4. The van der Waals surface area contributed by atoms with Crippen molar-refractivity contribution in [2.24, 2.45) is 0 Å². The van der Waals surface area contributed by atoms with Crippen LogP contribution in [0.1, 0.15) is 40.2 Å². The van der Waals surface area contributed by atoms with Gasteiger partial charge < -0.3 is 19.1 Å². The van der Waals surface area contributed by atoms with E-state index >= 15 is 0 Å². The summed E-state index contributed by atoms with van der Waals surface area (Å²) in [5.41, 5.74) is 0.755. The fraction of sp³-hybridized carbons (Fsp3) is 0.261. The fourth-order valence-corrected chi connectivity index (χ4v) is 3.89. The molecular weight excluding hydrogens is 412 g/mol. The van der Waals surface area contributed by atoms with Crippen LogP contribution in [0.2, 0.25) is 0 Å². The van der Waals surface area contributed by atoms with Gasteiger partial charge in [-0.1, -0.05) is 0 Å². The van der Waals surface area contributed by atoms with Crippen LogP contribution in [0.5, 0.6) is 0 Å². The molecule has 162 valence electrons. The standard InChI is InChI=1S/C23H20N4O5/c28-15-13-14(24-8-4-10-27-9-1-7-18(27)29)23(30)22-19(15)25-20(16-5-2-11-31-16)21(26-22)17-6-3-12-32-17/h2-3,5-6,11-13,24H,1,4,7-10H2. The van der Waals surface area contributed by atoms with Gasteiger partial charge in [-0.3, -0.25) is 14.4 Å². The van der Waals surface area contributed by atoms with Crippen molar-refractivity contribution >= 4 is 17.5 Å². The summed E-state index contributed by atoms with van der Waals surface area (Å²) in [7, 11) is 0. The first-order valence-corrected chi connectivity index (χ1v) is 10.4. The van der Waals surface area contributed by atoms with E-state index in [-0.39, 0.29) is 23.0 Å². The molecule has 0 aromatic carbocycles. The van der Waals surface area contributed by atoms with E-state index in [1.807, 2.05) is 4.90 Å². The fourth-order valence-electron chi connectivity index (χ4n) is 3.89. The second-order valence-corrected chi connectivity index (χ2v) is 7.59. The number of rotatable bonds is 7. The van der Waals surface area contributed by atoms with Gasteiger partial charge in [0.05, 0.1) is 18.2 Å². The average molecular weight is 432 g/mol. The summed E-state index contributed by atoms with van der Waals surface area (Å²) < 4.78 is 10.9. The maximum absolute atomic E-state index is 13.1. The number of furan rings is 2. The first-order chi connectivity index (χ1) is 15.6. The lowest BCUT2D eigenvalue weighted by molar-refractivity contribution is -0.127. The summed E-state index contributed by atoms with van der Waals surface area (Å²) in [4.78, 5) is 48.3. The second-order valence-electron chi connectivity index (χ2n) is 7.59. The molecule has 0 bridgehead atoms. The largest absolute Gasteiger partial charge is 0.463 e. The number of aromatic nitrogens is 2. The van der Waals surface area contributed by atoms with Crippen LogP contribution >= 0.6 is 0 Å². The minimum atomic E-state index is -0.414. The summed E-state index contributed by atoms with van der Waals surface area (Å²) in [5, 5.41) is 3.02. The van der Waals surface area contributed by atoms with Gasteiger partial charge >= 0.3 is 0 Å². The van der Waals surface area contributed by atoms with Crippen molar-refractivity contribution in [3.8, 4) is 22.9 Å². The molecule has 1 saturated heterocycles. The highest BCUT2D eigenvalue weighted by molar-refractivity contribution is 6.23. The van der Waals surface area contributed by atoms with Gasteiger partial charge in [0.1, 0.15) is 22.8 Å². The molecule has 32 heavy (non-hydrogen) atoms. The lowest BCUT2D eigenvalue weighted by atomic mass is 10.0. The molecule has 0 unspecified atom stereocenters. The van der Waals surface area contributed by atoms with Gasteiger partial charge in [0.25, 0.3) is 0 Å². The van der Waals surface area contributed by atoms with Gasteiger partial charge in [0.15, 0.2) is 11.5 Å². The molecule has 1 N–H and O–H groups in total. The molecule has 9 heteroatoms. The zero-order chi connectivity index (χ0) is 22.1. The number of nitrogens with one attached hydrogen (secondary N) is 1. The Morgan fingerprint density at radius 3 is 2.22 bits per heavy atom. The SMILES string of the molecule is O=C1C=C(NCCCN2CCCC2=O)C(=O)c2nc(-c3ccco3)c(-c3ccco3)nc21. The number of carbonyl (C=O) groups is 3. The van der Waals surface area contributed by atoms with E-state index in [1.165, 1.54) is 18.6 Å². The average Bonchev–Trinajstić information content (AvgIpc) is 3.57. The molecule has 9 nitrogen and oxygen atoms in total. The maximum Gasteiger partial charge on any atom is 0.229 e. The van der Waals surface area contributed by atoms with Gasteiger partial charge in [0, 0.05) is 32.1 Å². The van der Waals surface area contributed by atoms with Crippen molar-refractivity contribution in [3.05, 3.63) is 60.0 Å². The summed E-state index contributed by atoms with van der Waals surface area (Å²) >= 11 is 0. The Hall–Kier alpha value is -4.01. The van der Waals surface area contributed by atoms with Crippen molar-refractivity contribution in [2.45, 2.75) is 19.3 Å². The zero-order valence-corrected chi connectivity index (χ0v) is 17.2. The van der Waals surface area contributed by atoms with E-state index in [4.69, 9.17) is 8.83 Å². The molecule has 0 saturated carbocycles. The molecule has 1 fully saturated rings. The van der Waals surface area contributed by atoms with E-state index in [1.54, 1.807) is 24.3 Å². The number of Topliss-reactive ketones (excluding diaryl/α,β-unsaturated/α-hetero) is 1. The van der Waals surface area contributed by atoms with Crippen molar-refractivity contribution in [1.82, 2.24) is 20.2 Å². The van der Waals surface area contributed by atoms with Crippen LogP contribution in [0.15, 0.2) is 57.4 Å². The van der Waals surface area contributed by atoms with Gasteiger partial charge in [-0.15, -0.1) is 0 Å². The topological polar surface area (TPSA) is 119 Å². The number of allylic oxidation sites excluding steroid dienone is 2. The minimum Gasteiger partial charge on any atom is -0.463 e. The third-order valence-corrected chi connectivity index (χ3v) is 5.47. The molecule has 3 aromatic heterocycles. The van der Waals surface area contributed by atoms with Crippen LogP contribution in [-0.4, -0.2) is 52.0 Å². The highest BCUT2D eigenvalue weighted by Gasteiger charge is 2.32. The molecule has 4 heterocycles. The van der Waals surface area contributed by atoms with Crippen molar-refractivity contribution in [1.29, 1.82) is 0 Å². The molecule has 0 spiro atoms. The van der Waals surface area contributed by atoms with E-state index < -0.39 is 11.6 Å². The van der Waals surface area contributed by atoms with Crippen molar-refractivity contribution in [3.63, 3.8) is 0 Å². The zero-order valence-electron chi connectivity index (χ0n) is 17.2. The molecule has 0 radical (unpaired) electrons. The Balaban J connectivity index is 1.39. The summed E-state index contributed by atoms with van der Waals surface area (Å²) in [6.07, 6.45) is 6.38. The third kappa shape index (κ3) is 3.62. The van der Waals surface area contributed by atoms with E-state index in [9.17, 15) is 14.4 Å². The quantitative estimate of drug-likeness (QED) is 0.566. The Morgan fingerprint density at radius 1 is 0.938 bits per heavy atom. The first kappa shape index (κ1) is 19.9. The number of carbonyl (C=O) groups excluding carboxylic acids is 3. The maximum atomic E-state index is 13.1. The number of fused-ring (bicyclic) bond motifs is 1. The summed E-state index contributed by atoms with van der Waals surface area (Å²) in [5.74, 6) is 0.157. The van der Waals surface area contributed by atoms with Crippen LogP contribution in [0, 0.1) is 0 Å². The number of hydrogen-bond acceptors (Lipinski definition) is 8. The van der Waals surface area contributed by atoms with Crippen LogP contribution in [-0.2, 0) is 4.79 Å². The number of hydrogen-bond donors (Lipinski definition) is 1. The smallest absolute Gasteiger partial charge is 0.229 e. The normalized spacial score (nSPS) is 15.8. The molecule has 3 aromatic rings. The molecule has 1 aliphatic carbocycles. The van der Waals surface area contributed by atoms with Gasteiger partial charge in [-0.25, -0.2) is 9.97 Å². The van der Waals surface area contributed by atoms with Crippen molar-refractivity contribution in [2.75, 3.05) is 19.6 Å². The summed E-state index contributed by atoms with van der Waals surface area (Å²) in [6, 6.07) is 6.80. The third-order valence-electron chi connectivity index (χ3n) is 5.47. The lowest BCUT2D eigenvalue weighted by Gasteiger charge is -2.18. The van der Waals surface area contributed by atoms with Crippen LogP contribution in [0.25, 0.3) is 22.9 Å². The molecule has 2 aliphatic rings. The summed E-state index contributed by atoms with van der Waals surface area (Å²) in [6.45, 7) is 1.84. The van der Waals surface area contributed by atoms with Crippen molar-refractivity contribution < 1.29 is 23.2 Å². The monoisotopic (exact) mass is 432 g/mol. The molecule has 0 atom stereocenters. The lowest BCUT2D eigenvalue weighted by Crippen LogP contribution is -2.32. The predicted octanol–water partition coefficient (Wildman–Crippen LogP) is 2.86. The number of likely N-dealkylation sites (tertiary alicyclic amines) is 1. The Morgan fingerprint density at radius 2 is 1.62 bits per heavy atom. The molecule has 1 amide bonds. The Labute approximate surface area is 183 Å². The number of amides is 1. The molecule has 1 aliphatic heterocycles. The van der Waals surface area contributed by atoms with E-state index in [0.717, 1.165) is 13.0 Å². The highest BCUT2D eigenvalue weighted by atomic mass is 16.3. The number of ketones is 2. The number of nitrogens with zero attached hydrogens (tertiary/aromatic N) is 3. The minimum absolute atomic E-state index is 0.0232. The highest BCUT2D eigenvalue weighted by Crippen LogP contribution is 2.32. The van der Waals surface area contributed by atoms with Crippen LogP contribution in [0.4, 0.5) is 0 Å². The Bertz CT molecular complexity index is 1210. The molecular formula is C23H20N4O5. The molecule has 5 rings (SSSR count). The van der Waals surface area contributed by atoms with Crippen LogP contribution in [0.3, 0.4) is 0 Å². The second kappa shape index (κ2) is 8.26. The predicted molar refractivity (Wildman–Crippen MR) is 113 cm³/mol. The Kier molecular flexibility index (Phi) is 5.14. The van der Waals surface area contributed by atoms with Gasteiger partial charge in [-0.2, -0.15) is 0 Å². The van der Waals surface area contributed by atoms with Gasteiger partial charge in [-0.05, 0) is 37.1 Å². The van der Waals surface area contributed by atoms with Crippen LogP contribution < -0.4 is 5.32 Å². The van der Waals surface area contributed by atoms with Gasteiger partial charge in [0.2, 0.25) is 17.5 Å². The van der Waals surface area contributed by atoms with E-state index in [2.05, 4.69) is 15.3 Å². The van der Waals surface area contributed by atoms with E-state index in [0.29, 0.717) is 48.8 Å².